The fourth-order valence-corrected chi connectivity index (χ4v) is 9.45. The number of carbonyl (C=O) groups is 2. The van der Waals surface area contributed by atoms with Gasteiger partial charge in [-0.3, -0.25) is 28.8 Å². The van der Waals surface area contributed by atoms with E-state index < -0.39 is 20.0 Å². The van der Waals surface area contributed by atoms with Gasteiger partial charge < -0.3 is 10.6 Å². The predicted molar refractivity (Wildman–Crippen MR) is 229 cm³/mol. The van der Waals surface area contributed by atoms with Crippen LogP contribution in [0.3, 0.4) is 0 Å². The number of piperazine rings is 1. The number of hydrogen-bond donors (Lipinski definition) is 4. The van der Waals surface area contributed by atoms with E-state index >= 15 is 0 Å². The zero-order valence-corrected chi connectivity index (χ0v) is 33.9. The van der Waals surface area contributed by atoms with Gasteiger partial charge in [-0.2, -0.15) is 0 Å². The average Bonchev–Trinajstić information content (AvgIpc) is 3.24. The third-order valence-electron chi connectivity index (χ3n) is 10.4. The van der Waals surface area contributed by atoms with E-state index in [0.717, 1.165) is 21.5 Å². The first-order chi connectivity index (χ1) is 27.9. The largest absolute Gasteiger partial charge is 0.337 e. The van der Waals surface area contributed by atoms with Crippen molar-refractivity contribution in [1.82, 2.24) is 20.4 Å². The number of amides is 2. The number of nitrogens with zero attached hydrogens (tertiary/aromatic N) is 2. The van der Waals surface area contributed by atoms with Crippen LogP contribution in [0.15, 0.2) is 143 Å². The number of fused-ring (bicyclic) bond motifs is 2. The minimum atomic E-state index is -3.90. The zero-order valence-electron chi connectivity index (χ0n) is 32.3. The number of hydrogen-bond acceptors (Lipinski definition) is 8. The Morgan fingerprint density at radius 2 is 0.879 bits per heavy atom. The van der Waals surface area contributed by atoms with Gasteiger partial charge >= 0.3 is 0 Å². The molecule has 6 aromatic carbocycles. The van der Waals surface area contributed by atoms with Gasteiger partial charge in [0.1, 0.15) is 0 Å². The maximum absolute atomic E-state index is 13.5. The molecule has 1 heterocycles. The first-order valence-corrected chi connectivity index (χ1v) is 22.2. The van der Waals surface area contributed by atoms with Crippen molar-refractivity contribution in [2.45, 2.75) is 48.8 Å². The quantitative estimate of drug-likeness (QED) is 0.0931. The molecule has 58 heavy (non-hydrogen) atoms. The van der Waals surface area contributed by atoms with Gasteiger partial charge in [0.2, 0.25) is 0 Å². The Hall–Kier alpha value is -5.80. The Bertz CT molecular complexity index is 2500. The Kier molecular flexibility index (Phi) is 12.1. The van der Waals surface area contributed by atoms with Crippen LogP contribution >= 0.6 is 0 Å². The van der Waals surface area contributed by atoms with Gasteiger partial charge in [0.15, 0.2) is 0 Å². The molecule has 0 spiro atoms. The summed E-state index contributed by atoms with van der Waals surface area (Å²) in [5, 5.41) is 9.73. The summed E-state index contributed by atoms with van der Waals surface area (Å²) in [5.74, 6) is -0.636. The van der Waals surface area contributed by atoms with Crippen molar-refractivity contribution in [2.75, 3.05) is 35.6 Å². The summed E-state index contributed by atoms with van der Waals surface area (Å²) in [6.45, 7) is 6.56. The number of nitrogens with one attached hydrogen (secondary N) is 4. The first kappa shape index (κ1) is 40.4. The van der Waals surface area contributed by atoms with Crippen molar-refractivity contribution in [3.8, 4) is 0 Å². The smallest absolute Gasteiger partial charge is 0.261 e. The highest BCUT2D eigenvalue weighted by atomic mass is 32.2. The van der Waals surface area contributed by atoms with Gasteiger partial charge in [-0.25, -0.2) is 16.8 Å². The van der Waals surface area contributed by atoms with Gasteiger partial charge in [-0.05, 0) is 95.1 Å². The van der Waals surface area contributed by atoms with Crippen LogP contribution in [0.4, 0.5) is 11.4 Å². The number of sulfonamides is 2. The highest BCUT2D eigenvalue weighted by Crippen LogP contribution is 2.24. The predicted octanol–water partition coefficient (Wildman–Crippen LogP) is 6.84. The van der Waals surface area contributed by atoms with Crippen molar-refractivity contribution in [1.29, 1.82) is 0 Å². The van der Waals surface area contributed by atoms with E-state index in [9.17, 15) is 26.4 Å². The third-order valence-corrected chi connectivity index (χ3v) is 13.2. The van der Waals surface area contributed by atoms with Gasteiger partial charge in [0.05, 0.1) is 22.1 Å². The second kappa shape index (κ2) is 17.4. The summed E-state index contributed by atoms with van der Waals surface area (Å²) in [7, 11) is -7.80. The molecular weight excluding hydrogens is 773 g/mol. The number of benzene rings is 6. The molecule has 1 saturated heterocycles. The summed E-state index contributed by atoms with van der Waals surface area (Å²) >= 11 is 0. The van der Waals surface area contributed by atoms with Gasteiger partial charge in [-0.15, -0.1) is 0 Å². The second-order valence-electron chi connectivity index (χ2n) is 14.3. The minimum Gasteiger partial charge on any atom is -0.337 e. The SMILES string of the molecule is CCC(NC(=O)c1cccc(NS(=O)(=O)c2ccc3ccccc3c2)c1)N1CCN(C(CC)NC(=O)c2cccc(NS(=O)(=O)c3ccc4ccccc4c3)c2)CC1. The molecule has 14 heteroatoms. The molecule has 6 aromatic rings. The van der Waals surface area contributed by atoms with E-state index in [0.29, 0.717) is 50.1 Å². The Balaban J connectivity index is 0.929. The molecule has 0 aliphatic carbocycles. The molecule has 7 rings (SSSR count). The summed E-state index contributed by atoms with van der Waals surface area (Å²) in [4.78, 5) is 31.6. The van der Waals surface area contributed by atoms with Crippen LogP contribution in [0.1, 0.15) is 47.4 Å². The Morgan fingerprint density at radius 1 is 0.500 bits per heavy atom. The number of rotatable bonds is 14. The molecular formula is C44H46N6O6S2. The molecule has 2 amide bonds. The van der Waals surface area contributed by atoms with Crippen molar-refractivity contribution >= 4 is 64.8 Å². The van der Waals surface area contributed by atoms with Crippen molar-refractivity contribution in [2.24, 2.45) is 0 Å². The summed E-state index contributed by atoms with van der Waals surface area (Å²) in [5.41, 5.74) is 1.22. The lowest BCUT2D eigenvalue weighted by Gasteiger charge is -2.42. The first-order valence-electron chi connectivity index (χ1n) is 19.3. The second-order valence-corrected chi connectivity index (χ2v) is 17.6. The van der Waals surface area contributed by atoms with Crippen LogP contribution in [0.5, 0.6) is 0 Å². The fourth-order valence-electron chi connectivity index (χ4n) is 7.28. The highest BCUT2D eigenvalue weighted by Gasteiger charge is 2.29. The summed E-state index contributed by atoms with van der Waals surface area (Å²) in [6, 6.07) is 37.8. The molecule has 300 valence electrons. The van der Waals surface area contributed by atoms with Crippen molar-refractivity contribution in [3.63, 3.8) is 0 Å². The average molecular weight is 819 g/mol. The van der Waals surface area contributed by atoms with E-state index in [1.807, 2.05) is 62.4 Å². The summed E-state index contributed by atoms with van der Waals surface area (Å²) < 4.78 is 58.2. The molecule has 0 bridgehead atoms. The van der Waals surface area contributed by atoms with Gasteiger partial charge in [0.25, 0.3) is 31.9 Å². The molecule has 1 aliphatic heterocycles. The molecule has 0 aromatic heterocycles. The van der Waals surface area contributed by atoms with Crippen LogP contribution in [0.2, 0.25) is 0 Å². The van der Waals surface area contributed by atoms with Crippen LogP contribution in [-0.2, 0) is 20.0 Å². The van der Waals surface area contributed by atoms with Crippen molar-refractivity contribution in [3.05, 3.63) is 145 Å². The fraction of sp³-hybridized carbons (Fsp3) is 0.227. The summed E-state index contributed by atoms with van der Waals surface area (Å²) in [6.07, 6.45) is 0.774. The molecule has 2 atom stereocenters. The standard InChI is InChI=1S/C44H46N6O6S2/c1-3-41(45-43(51)35-15-9-17-37(27-35)47-57(53,54)39-21-19-31-11-5-7-13-33(31)29-39)49-23-25-50(26-24-49)42(4-2)46-44(52)36-16-10-18-38(28-36)48-58(55,56)40-22-20-32-12-6-8-14-34(32)30-40/h5-22,27-30,41-42,47-48H,3-4,23-26H2,1-2H3,(H,45,51)(H,46,52). The lowest BCUT2D eigenvalue weighted by molar-refractivity contribution is 0.0405. The molecule has 0 saturated carbocycles. The molecule has 0 radical (unpaired) electrons. The zero-order chi connectivity index (χ0) is 40.9. The lowest BCUT2D eigenvalue weighted by atomic mass is 10.1. The Labute approximate surface area is 339 Å². The number of anilines is 2. The maximum atomic E-state index is 13.5. The van der Waals surface area contributed by atoms with E-state index in [1.54, 1.807) is 72.8 Å². The van der Waals surface area contributed by atoms with Crippen molar-refractivity contribution < 1.29 is 26.4 Å². The topological polar surface area (TPSA) is 157 Å². The molecule has 1 fully saturated rings. The van der Waals surface area contributed by atoms with Crippen LogP contribution in [0, 0.1) is 0 Å². The van der Waals surface area contributed by atoms with Crippen LogP contribution in [-0.4, -0.2) is 77.0 Å². The highest BCUT2D eigenvalue weighted by molar-refractivity contribution is 7.93. The molecule has 12 nitrogen and oxygen atoms in total. The normalized spacial score (nSPS) is 15.1. The van der Waals surface area contributed by atoms with Gasteiger partial charge in [0, 0.05) is 48.7 Å². The minimum absolute atomic E-state index is 0.129. The van der Waals surface area contributed by atoms with Crippen LogP contribution < -0.4 is 20.1 Å². The molecule has 4 N–H and O–H groups in total. The van der Waals surface area contributed by atoms with E-state index in [4.69, 9.17) is 0 Å². The molecule has 1 aliphatic rings. The molecule has 2 unspecified atom stereocenters. The van der Waals surface area contributed by atoms with E-state index in [-0.39, 0.29) is 45.3 Å². The van der Waals surface area contributed by atoms with Crippen LogP contribution in [0.25, 0.3) is 21.5 Å². The number of carbonyl (C=O) groups excluding carboxylic acids is 2. The Morgan fingerprint density at radius 3 is 1.26 bits per heavy atom. The van der Waals surface area contributed by atoms with E-state index in [2.05, 4.69) is 29.9 Å². The lowest BCUT2D eigenvalue weighted by Crippen LogP contribution is -2.59. The maximum Gasteiger partial charge on any atom is 0.261 e. The van der Waals surface area contributed by atoms with Gasteiger partial charge in [-0.1, -0.05) is 86.6 Å². The van der Waals surface area contributed by atoms with E-state index in [1.165, 1.54) is 12.1 Å². The third kappa shape index (κ3) is 9.32. The monoisotopic (exact) mass is 818 g/mol.